The summed E-state index contributed by atoms with van der Waals surface area (Å²) >= 11 is 0. The third-order valence-corrected chi connectivity index (χ3v) is 9.63. The minimum absolute atomic E-state index is 0.115. The van der Waals surface area contributed by atoms with Crippen LogP contribution in [0.2, 0.25) is 0 Å². The Morgan fingerprint density at radius 2 is 2.00 bits per heavy atom. The molecule has 1 aromatic carbocycles. The van der Waals surface area contributed by atoms with Gasteiger partial charge in [-0.2, -0.15) is 0 Å². The molecule has 0 spiro atoms. The number of amides is 1. The van der Waals surface area contributed by atoms with Crippen molar-refractivity contribution in [3.63, 3.8) is 0 Å². The van der Waals surface area contributed by atoms with Crippen molar-refractivity contribution in [1.29, 1.82) is 0 Å². The van der Waals surface area contributed by atoms with Gasteiger partial charge in [0.2, 0.25) is 5.88 Å². The van der Waals surface area contributed by atoms with Gasteiger partial charge in [0.25, 0.3) is 6.43 Å². The average molecular weight is 585 g/mol. The molecule has 0 fully saturated rings. The normalized spacial score (nSPS) is 22.1. The van der Waals surface area contributed by atoms with Crippen molar-refractivity contribution in [1.82, 2.24) is 20.4 Å². The maximum absolute atomic E-state index is 15.2. The molecule has 0 saturated carbocycles. The van der Waals surface area contributed by atoms with Crippen molar-refractivity contribution in [2.45, 2.75) is 30.6 Å². The molecule has 0 radical (unpaired) electrons. The minimum atomic E-state index is -3.35. The molecule has 3 aromatic rings. The van der Waals surface area contributed by atoms with E-state index in [1.165, 1.54) is 45.3 Å². The second-order valence-electron chi connectivity index (χ2n) is 9.25. The summed E-state index contributed by atoms with van der Waals surface area (Å²) in [5, 5.41) is 15.3. The highest BCUT2D eigenvalue weighted by Crippen LogP contribution is 2.41. The van der Waals surface area contributed by atoms with Crippen molar-refractivity contribution >= 4 is 21.7 Å². The van der Waals surface area contributed by atoms with Crippen molar-refractivity contribution < 1.29 is 40.9 Å². The molecule has 0 bridgehead atoms. The molecule has 2 aromatic heterocycles. The monoisotopic (exact) mass is 584 g/mol. The van der Waals surface area contributed by atoms with Crippen LogP contribution in [0.5, 0.6) is 5.88 Å². The number of halogens is 4. The molecule has 4 rings (SSSR count). The molecule has 0 aliphatic carbocycles. The maximum Gasteiger partial charge on any atom is 0.410 e. The summed E-state index contributed by atoms with van der Waals surface area (Å²) in [5.74, 6) is -1.69. The molecule has 214 valence electrons. The molecular formula is C24H24F4N6O5S. The number of nitrogens with one attached hydrogen (secondary N) is 1. The lowest BCUT2D eigenvalue weighted by molar-refractivity contribution is 0.0794. The summed E-state index contributed by atoms with van der Waals surface area (Å²) in [6.07, 6.45) is -1.82. The Morgan fingerprint density at radius 3 is 2.60 bits per heavy atom. The number of rotatable bonds is 7. The standard InChI is InChI=1S/C24H24F4N6O5S/c1-23(2)21(32-22(35)36)33-24(11-25,12-40(23,37)29-3)14-6-13(4-5-15(14)26)18-7-16(34-39-18)17-8-31-20(9-30-17)38-10-19(27)28/h4-9,19H,10-12H2,1-3H3,(H,32,33)(H,35,36)/t24-,40?/m0/s1. The van der Waals surface area contributed by atoms with Gasteiger partial charge >= 0.3 is 6.09 Å². The van der Waals surface area contributed by atoms with Gasteiger partial charge < -0.3 is 14.4 Å². The molecule has 1 unspecified atom stereocenters. The topological polar surface area (TPSA) is 152 Å². The quantitative estimate of drug-likeness (QED) is 0.390. The first-order chi connectivity index (χ1) is 18.8. The van der Waals surface area contributed by atoms with Crippen molar-refractivity contribution in [2.24, 2.45) is 9.36 Å². The fourth-order valence-electron chi connectivity index (χ4n) is 4.13. The number of carboxylic acid groups (broad SMARTS) is 1. The molecule has 11 nitrogen and oxygen atoms in total. The molecule has 2 N–H and O–H groups in total. The van der Waals surface area contributed by atoms with E-state index >= 15 is 4.39 Å². The SMILES string of the molecule is CN=S1(=O)C[C@@](CF)(c2cc(-c3cc(-c4cnc(OCC(F)F)cn4)no3)ccc2F)N=C(NC(=O)O)C1(C)C. The summed E-state index contributed by atoms with van der Waals surface area (Å²) in [7, 11) is -2.09. The van der Waals surface area contributed by atoms with Gasteiger partial charge in [0.05, 0.1) is 27.9 Å². The van der Waals surface area contributed by atoms with E-state index < -0.39 is 57.4 Å². The van der Waals surface area contributed by atoms with Crippen LogP contribution >= 0.6 is 0 Å². The van der Waals surface area contributed by atoms with E-state index in [4.69, 9.17) is 9.26 Å². The van der Waals surface area contributed by atoms with E-state index in [2.05, 4.69) is 29.8 Å². The zero-order chi connectivity index (χ0) is 29.3. The zero-order valence-corrected chi connectivity index (χ0v) is 22.2. The van der Waals surface area contributed by atoms with Crippen LogP contribution in [0.1, 0.15) is 19.4 Å². The van der Waals surface area contributed by atoms with Crippen LogP contribution in [0, 0.1) is 5.82 Å². The minimum Gasteiger partial charge on any atom is -0.470 e. The Morgan fingerprint density at radius 1 is 1.25 bits per heavy atom. The molecule has 0 saturated heterocycles. The van der Waals surface area contributed by atoms with E-state index in [0.717, 1.165) is 12.3 Å². The van der Waals surface area contributed by atoms with Crippen LogP contribution in [0.4, 0.5) is 22.4 Å². The highest BCUT2D eigenvalue weighted by Gasteiger charge is 2.51. The summed E-state index contributed by atoms with van der Waals surface area (Å²) in [4.78, 5) is 23.7. The molecule has 2 atom stereocenters. The second kappa shape index (κ2) is 10.8. The third kappa shape index (κ3) is 5.35. The van der Waals surface area contributed by atoms with E-state index in [1.54, 1.807) is 0 Å². The summed E-state index contributed by atoms with van der Waals surface area (Å²) in [5.41, 5.74) is -1.68. The lowest BCUT2D eigenvalue weighted by Gasteiger charge is -2.41. The number of nitrogens with zero attached hydrogens (tertiary/aromatic N) is 5. The van der Waals surface area contributed by atoms with Crippen LogP contribution < -0.4 is 10.1 Å². The molecule has 40 heavy (non-hydrogen) atoms. The lowest BCUT2D eigenvalue weighted by Crippen LogP contribution is -2.58. The molecule has 16 heteroatoms. The first-order valence-electron chi connectivity index (χ1n) is 11.6. The predicted molar refractivity (Wildman–Crippen MR) is 136 cm³/mol. The first-order valence-corrected chi connectivity index (χ1v) is 13.3. The van der Waals surface area contributed by atoms with E-state index in [9.17, 15) is 27.3 Å². The Kier molecular flexibility index (Phi) is 7.83. The van der Waals surface area contributed by atoms with E-state index in [0.29, 0.717) is 0 Å². The van der Waals surface area contributed by atoms with Crippen molar-refractivity contribution in [2.75, 3.05) is 26.1 Å². The van der Waals surface area contributed by atoms with Crippen molar-refractivity contribution in [3.8, 4) is 28.6 Å². The van der Waals surface area contributed by atoms with Gasteiger partial charge in [-0.3, -0.25) is 10.3 Å². The second-order valence-corrected chi connectivity index (χ2v) is 12.2. The Bertz CT molecular complexity index is 1570. The number of aromatic nitrogens is 3. The van der Waals surface area contributed by atoms with E-state index in [-0.39, 0.29) is 40.0 Å². The van der Waals surface area contributed by atoms with Crippen LogP contribution in [-0.2, 0) is 15.3 Å². The van der Waals surface area contributed by atoms with Gasteiger partial charge in [-0.25, -0.2) is 40.9 Å². The predicted octanol–water partition coefficient (Wildman–Crippen LogP) is 4.30. The highest BCUT2D eigenvalue weighted by molar-refractivity contribution is 7.95. The van der Waals surface area contributed by atoms with Crippen LogP contribution in [-0.4, -0.2) is 73.6 Å². The number of amidine groups is 1. The van der Waals surface area contributed by atoms with Gasteiger partial charge in [-0.1, -0.05) is 5.16 Å². The lowest BCUT2D eigenvalue weighted by atomic mass is 9.90. The summed E-state index contributed by atoms with van der Waals surface area (Å²) < 4.78 is 81.2. The van der Waals surface area contributed by atoms with Crippen LogP contribution in [0.15, 0.2) is 50.5 Å². The molecule has 3 heterocycles. The van der Waals surface area contributed by atoms with E-state index in [1.807, 2.05) is 0 Å². The summed E-state index contributed by atoms with van der Waals surface area (Å²) in [6.45, 7) is 0.773. The molecule has 1 amide bonds. The van der Waals surface area contributed by atoms with Crippen molar-refractivity contribution in [3.05, 3.63) is 48.0 Å². The first kappa shape index (κ1) is 28.9. The van der Waals surface area contributed by atoms with Gasteiger partial charge in [0, 0.05) is 24.2 Å². The Labute approximate surface area is 225 Å². The fraction of sp³-hybridized carbons (Fsp3) is 0.375. The average Bonchev–Trinajstić information content (AvgIpc) is 3.41. The van der Waals surface area contributed by atoms with Gasteiger partial charge in [-0.15, -0.1) is 0 Å². The van der Waals surface area contributed by atoms with Gasteiger partial charge in [-0.05, 0) is 32.0 Å². The smallest absolute Gasteiger partial charge is 0.410 e. The maximum atomic E-state index is 15.2. The largest absolute Gasteiger partial charge is 0.470 e. The van der Waals surface area contributed by atoms with Crippen LogP contribution in [0.25, 0.3) is 22.7 Å². The van der Waals surface area contributed by atoms with Gasteiger partial charge in [0.15, 0.2) is 12.4 Å². The number of aliphatic imine (C=N–C) groups is 1. The molecule has 1 aliphatic heterocycles. The molecular weight excluding hydrogens is 560 g/mol. The van der Waals surface area contributed by atoms with Gasteiger partial charge in [0.1, 0.15) is 40.0 Å². The third-order valence-electron chi connectivity index (χ3n) is 6.38. The number of benzene rings is 1. The van der Waals surface area contributed by atoms with Crippen LogP contribution in [0.3, 0.4) is 0 Å². The fourth-order valence-corrected chi connectivity index (χ4v) is 6.42. The number of hydrogen-bond acceptors (Lipinski definition) is 9. The number of alkyl halides is 3. The number of carbonyl (C=O) groups is 1. The number of hydrogen-bond donors (Lipinski definition) is 2. The summed E-state index contributed by atoms with van der Waals surface area (Å²) in [6, 6.07) is 5.08. The Hall–Kier alpha value is -4.08. The highest BCUT2D eigenvalue weighted by atomic mass is 32.2. The zero-order valence-electron chi connectivity index (χ0n) is 21.4. The Balaban J connectivity index is 1.74. The number of ether oxygens (including phenoxy) is 1. The molecule has 1 aliphatic rings.